The predicted molar refractivity (Wildman–Crippen MR) is 127 cm³/mol. The maximum Gasteiger partial charge on any atom is 0.253 e. The molecule has 3 rings (SSSR count). The average molecular weight is 435 g/mol. The monoisotopic (exact) mass is 434 g/mol. The number of benzene rings is 3. The second-order valence-electron chi connectivity index (χ2n) is 7.33. The smallest absolute Gasteiger partial charge is 0.253 e. The van der Waals surface area contributed by atoms with Gasteiger partial charge < -0.3 is 10.6 Å². The maximum absolute atomic E-state index is 13.0. The Balaban J connectivity index is 1.82. The largest absolute Gasteiger partial charge is 0.345 e. The van der Waals surface area contributed by atoms with Crippen LogP contribution in [0.3, 0.4) is 0 Å². The maximum atomic E-state index is 13.0. The first-order chi connectivity index (χ1) is 15.0. The molecule has 2 amide bonds. The van der Waals surface area contributed by atoms with Gasteiger partial charge in [-0.15, -0.1) is 0 Å². The molecule has 0 radical (unpaired) electrons. The first-order valence-electron chi connectivity index (χ1n) is 10.5. The molecule has 160 valence electrons. The van der Waals surface area contributed by atoms with Crippen LogP contribution in [-0.4, -0.2) is 11.8 Å². The highest BCUT2D eigenvalue weighted by Gasteiger charge is 2.21. The number of anilines is 1. The molecule has 0 fully saturated rings. The Morgan fingerprint density at radius 3 is 2.06 bits per heavy atom. The standard InChI is InChI=1S/C26H27ClN2O2/c1-3-18-13-10-14-19(4-2)25(18)29-24(30)17-23(20-11-6-5-7-12-20)28-26(31)21-15-8-9-16-22(21)27/h5-16,23H,3-4,17H2,1-2H3,(H,28,31)(H,29,30). The summed E-state index contributed by atoms with van der Waals surface area (Å²) in [4.78, 5) is 25.9. The summed E-state index contributed by atoms with van der Waals surface area (Å²) in [5.41, 5.74) is 4.32. The van der Waals surface area contributed by atoms with Gasteiger partial charge in [0.2, 0.25) is 5.91 Å². The summed E-state index contributed by atoms with van der Waals surface area (Å²) in [5.74, 6) is -0.459. The number of para-hydroxylation sites is 1. The topological polar surface area (TPSA) is 58.2 Å². The van der Waals surface area contributed by atoms with E-state index in [1.54, 1.807) is 24.3 Å². The molecule has 0 heterocycles. The van der Waals surface area contributed by atoms with Gasteiger partial charge in [-0.1, -0.05) is 86.1 Å². The Morgan fingerprint density at radius 2 is 1.45 bits per heavy atom. The molecule has 0 aliphatic carbocycles. The molecule has 1 unspecified atom stereocenters. The lowest BCUT2D eigenvalue weighted by molar-refractivity contribution is -0.116. The van der Waals surface area contributed by atoms with Crippen LogP contribution in [0, 0.1) is 0 Å². The summed E-state index contributed by atoms with van der Waals surface area (Å²) in [7, 11) is 0. The Bertz CT molecular complexity index is 1030. The van der Waals surface area contributed by atoms with Gasteiger partial charge in [0.05, 0.1) is 23.0 Å². The number of aryl methyl sites for hydroxylation is 2. The van der Waals surface area contributed by atoms with Crippen molar-refractivity contribution in [2.45, 2.75) is 39.2 Å². The highest BCUT2D eigenvalue weighted by Crippen LogP contribution is 2.25. The van der Waals surface area contributed by atoms with Crippen molar-refractivity contribution >= 4 is 29.1 Å². The third kappa shape index (κ3) is 5.74. The second-order valence-corrected chi connectivity index (χ2v) is 7.73. The summed E-state index contributed by atoms with van der Waals surface area (Å²) in [6.45, 7) is 4.14. The van der Waals surface area contributed by atoms with Crippen LogP contribution in [0.5, 0.6) is 0 Å². The number of halogens is 1. The summed E-state index contributed by atoms with van der Waals surface area (Å²) < 4.78 is 0. The van der Waals surface area contributed by atoms with Gasteiger partial charge in [0.1, 0.15) is 0 Å². The van der Waals surface area contributed by atoms with Crippen LogP contribution >= 0.6 is 11.6 Å². The average Bonchev–Trinajstić information content (AvgIpc) is 2.79. The van der Waals surface area contributed by atoms with Crippen molar-refractivity contribution < 1.29 is 9.59 Å². The molecular formula is C26H27ClN2O2. The Morgan fingerprint density at radius 1 is 0.839 bits per heavy atom. The molecule has 3 aromatic carbocycles. The van der Waals surface area contributed by atoms with Crippen LogP contribution in [0.15, 0.2) is 72.8 Å². The molecule has 3 aromatic rings. The summed E-state index contributed by atoms with van der Waals surface area (Å²) in [6.07, 6.45) is 1.77. The molecule has 2 N–H and O–H groups in total. The van der Waals surface area contributed by atoms with Crippen molar-refractivity contribution in [2.75, 3.05) is 5.32 Å². The van der Waals surface area contributed by atoms with E-state index >= 15 is 0 Å². The molecule has 0 aliphatic heterocycles. The molecule has 31 heavy (non-hydrogen) atoms. The van der Waals surface area contributed by atoms with E-state index in [2.05, 4.69) is 24.5 Å². The number of carbonyl (C=O) groups excluding carboxylic acids is 2. The van der Waals surface area contributed by atoms with E-state index in [0.717, 1.165) is 35.2 Å². The van der Waals surface area contributed by atoms with Crippen molar-refractivity contribution in [2.24, 2.45) is 0 Å². The van der Waals surface area contributed by atoms with Gasteiger partial charge >= 0.3 is 0 Å². The number of carbonyl (C=O) groups is 2. The molecule has 0 bridgehead atoms. The number of hydrogen-bond acceptors (Lipinski definition) is 2. The van der Waals surface area contributed by atoms with Crippen LogP contribution in [-0.2, 0) is 17.6 Å². The van der Waals surface area contributed by atoms with E-state index in [-0.39, 0.29) is 18.2 Å². The fourth-order valence-electron chi connectivity index (χ4n) is 3.60. The fourth-order valence-corrected chi connectivity index (χ4v) is 3.82. The van der Waals surface area contributed by atoms with Gasteiger partial charge in [0, 0.05) is 5.69 Å². The normalized spacial score (nSPS) is 11.6. The molecule has 1 atom stereocenters. The third-order valence-electron chi connectivity index (χ3n) is 5.28. The molecule has 0 aliphatic rings. The van der Waals surface area contributed by atoms with Crippen LogP contribution in [0.25, 0.3) is 0 Å². The van der Waals surface area contributed by atoms with Crippen LogP contribution in [0.4, 0.5) is 5.69 Å². The van der Waals surface area contributed by atoms with Gasteiger partial charge in [-0.2, -0.15) is 0 Å². The van der Waals surface area contributed by atoms with Crippen LogP contribution < -0.4 is 10.6 Å². The van der Waals surface area contributed by atoms with Gasteiger partial charge in [0.25, 0.3) is 5.91 Å². The van der Waals surface area contributed by atoms with E-state index < -0.39 is 6.04 Å². The number of hydrogen-bond donors (Lipinski definition) is 2. The Labute approximate surface area is 188 Å². The number of rotatable bonds is 8. The van der Waals surface area contributed by atoms with Crippen molar-refractivity contribution in [1.29, 1.82) is 0 Å². The molecule has 0 spiro atoms. The zero-order chi connectivity index (χ0) is 22.2. The minimum atomic E-state index is -0.483. The van der Waals surface area contributed by atoms with Gasteiger partial charge in [-0.25, -0.2) is 0 Å². The molecule has 5 heteroatoms. The minimum Gasteiger partial charge on any atom is -0.345 e. The van der Waals surface area contributed by atoms with Gasteiger partial charge in [0.15, 0.2) is 0 Å². The minimum absolute atomic E-state index is 0.113. The van der Waals surface area contributed by atoms with E-state index in [1.807, 2.05) is 48.5 Å². The molecular weight excluding hydrogens is 408 g/mol. The summed E-state index contributed by atoms with van der Waals surface area (Å²) in [5, 5.41) is 6.45. The lowest BCUT2D eigenvalue weighted by Gasteiger charge is -2.21. The second kappa shape index (κ2) is 10.8. The Hall–Kier alpha value is -3.11. The summed E-state index contributed by atoms with van der Waals surface area (Å²) >= 11 is 6.19. The van der Waals surface area contributed by atoms with E-state index in [9.17, 15) is 9.59 Å². The highest BCUT2D eigenvalue weighted by molar-refractivity contribution is 6.33. The van der Waals surface area contributed by atoms with E-state index in [4.69, 9.17) is 11.6 Å². The first-order valence-corrected chi connectivity index (χ1v) is 10.9. The van der Waals surface area contributed by atoms with Crippen LogP contribution in [0.2, 0.25) is 5.02 Å². The van der Waals surface area contributed by atoms with E-state index in [1.165, 1.54) is 0 Å². The lowest BCUT2D eigenvalue weighted by Crippen LogP contribution is -2.32. The third-order valence-corrected chi connectivity index (χ3v) is 5.61. The lowest BCUT2D eigenvalue weighted by atomic mass is 10.0. The van der Waals surface area contributed by atoms with Crippen molar-refractivity contribution in [3.8, 4) is 0 Å². The van der Waals surface area contributed by atoms with Crippen molar-refractivity contribution in [1.82, 2.24) is 5.32 Å². The van der Waals surface area contributed by atoms with Crippen molar-refractivity contribution in [3.63, 3.8) is 0 Å². The predicted octanol–water partition coefficient (Wildman–Crippen LogP) is 5.96. The number of nitrogens with one attached hydrogen (secondary N) is 2. The first kappa shape index (κ1) is 22.6. The zero-order valence-electron chi connectivity index (χ0n) is 17.8. The molecule has 0 aromatic heterocycles. The zero-order valence-corrected chi connectivity index (χ0v) is 18.6. The highest BCUT2D eigenvalue weighted by atomic mass is 35.5. The molecule has 4 nitrogen and oxygen atoms in total. The quantitative estimate of drug-likeness (QED) is 0.459. The fraction of sp³-hybridized carbons (Fsp3) is 0.231. The van der Waals surface area contributed by atoms with Gasteiger partial charge in [-0.05, 0) is 41.7 Å². The Kier molecular flexibility index (Phi) is 7.85. The number of amides is 2. The van der Waals surface area contributed by atoms with E-state index in [0.29, 0.717) is 10.6 Å². The molecule has 0 saturated carbocycles. The van der Waals surface area contributed by atoms with Crippen molar-refractivity contribution in [3.05, 3.63) is 100 Å². The SMILES string of the molecule is CCc1cccc(CC)c1NC(=O)CC(NC(=O)c1ccccc1Cl)c1ccccc1. The van der Waals surface area contributed by atoms with Crippen LogP contribution in [0.1, 0.15) is 53.4 Å². The van der Waals surface area contributed by atoms with Gasteiger partial charge in [-0.3, -0.25) is 9.59 Å². The molecule has 0 saturated heterocycles. The summed E-state index contributed by atoms with van der Waals surface area (Å²) in [6, 6.07) is 22.0.